The third-order valence-electron chi connectivity index (χ3n) is 3.59. The van der Waals surface area contributed by atoms with E-state index in [1.54, 1.807) is 0 Å². The Morgan fingerprint density at radius 2 is 1.86 bits per heavy atom. The van der Waals surface area contributed by atoms with Crippen LogP contribution in [0, 0.1) is 3.57 Å². The van der Waals surface area contributed by atoms with Crippen LogP contribution in [0.2, 0.25) is 0 Å². The van der Waals surface area contributed by atoms with Gasteiger partial charge in [-0.05, 0) is 65.4 Å². The van der Waals surface area contributed by atoms with Crippen LogP contribution in [-0.2, 0) is 6.42 Å². The molecule has 0 spiro atoms. The van der Waals surface area contributed by atoms with Gasteiger partial charge in [-0.2, -0.15) is 0 Å². The molecule has 0 radical (unpaired) electrons. The van der Waals surface area contributed by atoms with Crippen molar-refractivity contribution in [3.05, 3.63) is 69.5 Å². The third-order valence-corrected chi connectivity index (χ3v) is 4.31. The molecule has 21 heavy (non-hydrogen) atoms. The Labute approximate surface area is 138 Å². The topological polar surface area (TPSA) is 25.2 Å². The number of furan rings is 1. The number of benzene rings is 2. The quantitative estimate of drug-likeness (QED) is 0.624. The average molecular weight is 391 g/mol. The SMILES string of the molecule is CCNC(Cc1ccc(I)cc1)c1cc2ccccc2o1. The number of nitrogens with one attached hydrogen (secondary N) is 1. The van der Waals surface area contributed by atoms with Gasteiger partial charge in [0.2, 0.25) is 0 Å². The van der Waals surface area contributed by atoms with Gasteiger partial charge in [0.05, 0.1) is 6.04 Å². The highest BCUT2D eigenvalue weighted by Gasteiger charge is 2.16. The van der Waals surface area contributed by atoms with Crippen molar-refractivity contribution in [1.29, 1.82) is 0 Å². The Morgan fingerprint density at radius 1 is 1.10 bits per heavy atom. The van der Waals surface area contributed by atoms with Crippen LogP contribution in [0.3, 0.4) is 0 Å². The molecule has 1 heterocycles. The summed E-state index contributed by atoms with van der Waals surface area (Å²) >= 11 is 2.33. The van der Waals surface area contributed by atoms with Crippen molar-refractivity contribution in [1.82, 2.24) is 5.32 Å². The van der Waals surface area contributed by atoms with E-state index in [2.05, 4.69) is 71.2 Å². The molecular formula is C18H18INO. The minimum absolute atomic E-state index is 0.211. The normalized spacial score (nSPS) is 12.7. The van der Waals surface area contributed by atoms with E-state index < -0.39 is 0 Å². The number of fused-ring (bicyclic) bond motifs is 1. The summed E-state index contributed by atoms with van der Waals surface area (Å²) in [4.78, 5) is 0. The van der Waals surface area contributed by atoms with Gasteiger partial charge in [-0.25, -0.2) is 0 Å². The number of likely N-dealkylation sites (N-methyl/N-ethyl adjacent to an activating group) is 1. The van der Waals surface area contributed by atoms with Crippen molar-refractivity contribution >= 4 is 33.6 Å². The molecule has 0 fully saturated rings. The van der Waals surface area contributed by atoms with Gasteiger partial charge < -0.3 is 9.73 Å². The molecular weight excluding hydrogens is 373 g/mol. The van der Waals surface area contributed by atoms with Gasteiger partial charge in [-0.1, -0.05) is 37.3 Å². The monoisotopic (exact) mass is 391 g/mol. The Balaban J connectivity index is 1.87. The highest BCUT2D eigenvalue weighted by atomic mass is 127. The first kappa shape index (κ1) is 14.6. The summed E-state index contributed by atoms with van der Waals surface area (Å²) in [5.74, 6) is 1.01. The van der Waals surface area contributed by atoms with E-state index >= 15 is 0 Å². The zero-order valence-corrected chi connectivity index (χ0v) is 14.1. The lowest BCUT2D eigenvalue weighted by Crippen LogP contribution is -2.22. The molecule has 0 saturated heterocycles. The molecule has 0 bridgehead atoms. The summed E-state index contributed by atoms with van der Waals surface area (Å²) in [6, 6.07) is 19.2. The van der Waals surface area contributed by atoms with Crippen LogP contribution < -0.4 is 5.32 Å². The second kappa shape index (κ2) is 6.62. The summed E-state index contributed by atoms with van der Waals surface area (Å²) in [5, 5.41) is 4.69. The highest BCUT2D eigenvalue weighted by molar-refractivity contribution is 14.1. The molecule has 0 amide bonds. The molecule has 1 atom stereocenters. The molecule has 0 aliphatic rings. The maximum atomic E-state index is 6.01. The standard InChI is InChI=1S/C18H18INO/c1-2-20-16(11-13-7-9-15(19)10-8-13)18-12-14-5-3-4-6-17(14)21-18/h3-10,12,16,20H,2,11H2,1H3. The van der Waals surface area contributed by atoms with Crippen molar-refractivity contribution in [3.8, 4) is 0 Å². The van der Waals surface area contributed by atoms with Gasteiger partial charge in [0.1, 0.15) is 11.3 Å². The average Bonchev–Trinajstić information content (AvgIpc) is 2.93. The fourth-order valence-corrected chi connectivity index (χ4v) is 2.91. The summed E-state index contributed by atoms with van der Waals surface area (Å²) in [5.41, 5.74) is 2.28. The summed E-state index contributed by atoms with van der Waals surface area (Å²) in [6.07, 6.45) is 0.935. The summed E-state index contributed by atoms with van der Waals surface area (Å²) in [7, 11) is 0. The zero-order valence-electron chi connectivity index (χ0n) is 12.0. The molecule has 2 nitrogen and oxygen atoms in total. The van der Waals surface area contributed by atoms with Gasteiger partial charge in [0.15, 0.2) is 0 Å². The van der Waals surface area contributed by atoms with Gasteiger partial charge in [0.25, 0.3) is 0 Å². The third kappa shape index (κ3) is 3.47. The molecule has 0 aliphatic heterocycles. The van der Waals surface area contributed by atoms with Gasteiger partial charge in [-0.3, -0.25) is 0 Å². The van der Waals surface area contributed by atoms with E-state index in [-0.39, 0.29) is 6.04 Å². The summed E-state index contributed by atoms with van der Waals surface area (Å²) in [6.45, 7) is 3.05. The predicted octanol–water partition coefficient (Wildman–Crippen LogP) is 4.93. The molecule has 1 aromatic heterocycles. The van der Waals surface area contributed by atoms with Gasteiger partial charge in [-0.15, -0.1) is 0 Å². The maximum absolute atomic E-state index is 6.01. The van der Waals surface area contributed by atoms with Gasteiger partial charge >= 0.3 is 0 Å². The second-order valence-corrected chi connectivity index (χ2v) is 6.37. The predicted molar refractivity (Wildman–Crippen MR) is 95.5 cm³/mol. The van der Waals surface area contributed by atoms with Crippen LogP contribution in [0.4, 0.5) is 0 Å². The minimum Gasteiger partial charge on any atom is -0.459 e. The first-order valence-corrected chi connectivity index (χ1v) is 8.30. The zero-order chi connectivity index (χ0) is 14.7. The molecule has 0 aliphatic carbocycles. The lowest BCUT2D eigenvalue weighted by molar-refractivity contribution is 0.435. The van der Waals surface area contributed by atoms with Crippen LogP contribution in [0.5, 0.6) is 0 Å². The number of halogens is 1. The molecule has 3 rings (SSSR count). The van der Waals surface area contributed by atoms with Crippen LogP contribution in [0.1, 0.15) is 24.3 Å². The Bertz CT molecular complexity index is 684. The van der Waals surface area contributed by atoms with Crippen molar-refractivity contribution in [2.24, 2.45) is 0 Å². The number of hydrogen-bond donors (Lipinski definition) is 1. The molecule has 2 aromatic carbocycles. The summed E-state index contributed by atoms with van der Waals surface area (Å²) < 4.78 is 7.28. The van der Waals surface area contributed by atoms with Crippen LogP contribution in [0.15, 0.2) is 59.0 Å². The fourth-order valence-electron chi connectivity index (χ4n) is 2.55. The lowest BCUT2D eigenvalue weighted by Gasteiger charge is -2.15. The molecule has 1 N–H and O–H groups in total. The number of para-hydroxylation sites is 1. The van der Waals surface area contributed by atoms with E-state index in [4.69, 9.17) is 4.42 Å². The van der Waals surface area contributed by atoms with E-state index in [1.165, 1.54) is 9.13 Å². The van der Waals surface area contributed by atoms with Crippen LogP contribution >= 0.6 is 22.6 Å². The molecule has 1 unspecified atom stereocenters. The van der Waals surface area contributed by atoms with E-state index in [9.17, 15) is 0 Å². The first-order valence-electron chi connectivity index (χ1n) is 7.22. The van der Waals surface area contributed by atoms with Crippen molar-refractivity contribution < 1.29 is 4.42 Å². The lowest BCUT2D eigenvalue weighted by atomic mass is 10.0. The molecule has 108 valence electrons. The smallest absolute Gasteiger partial charge is 0.134 e. The molecule has 3 heteroatoms. The Hall–Kier alpha value is -1.33. The maximum Gasteiger partial charge on any atom is 0.134 e. The fraction of sp³-hybridized carbons (Fsp3) is 0.222. The molecule has 0 saturated carbocycles. The van der Waals surface area contributed by atoms with Gasteiger partial charge in [0, 0.05) is 8.96 Å². The Morgan fingerprint density at radius 3 is 2.57 bits per heavy atom. The second-order valence-electron chi connectivity index (χ2n) is 5.13. The van der Waals surface area contributed by atoms with Crippen LogP contribution in [0.25, 0.3) is 11.0 Å². The van der Waals surface area contributed by atoms with Crippen molar-refractivity contribution in [3.63, 3.8) is 0 Å². The van der Waals surface area contributed by atoms with E-state index in [0.717, 1.165) is 29.7 Å². The van der Waals surface area contributed by atoms with E-state index in [1.807, 2.05) is 18.2 Å². The van der Waals surface area contributed by atoms with E-state index in [0.29, 0.717) is 0 Å². The minimum atomic E-state index is 0.211. The Kier molecular flexibility index (Phi) is 4.60. The first-order chi connectivity index (χ1) is 10.3. The van der Waals surface area contributed by atoms with Crippen LogP contribution in [-0.4, -0.2) is 6.54 Å². The van der Waals surface area contributed by atoms with Crippen molar-refractivity contribution in [2.45, 2.75) is 19.4 Å². The largest absolute Gasteiger partial charge is 0.459 e. The number of hydrogen-bond acceptors (Lipinski definition) is 2. The highest BCUT2D eigenvalue weighted by Crippen LogP contribution is 2.26. The van der Waals surface area contributed by atoms with Crippen molar-refractivity contribution in [2.75, 3.05) is 6.54 Å². The molecule has 3 aromatic rings. The number of rotatable bonds is 5.